The highest BCUT2D eigenvalue weighted by Crippen LogP contribution is 2.29. The Bertz CT molecular complexity index is 318. The summed E-state index contributed by atoms with van der Waals surface area (Å²) < 4.78 is 1.25. The molecule has 82 valence electrons. The molecule has 1 heterocycles. The third kappa shape index (κ3) is 2.82. The smallest absolute Gasteiger partial charge is 0.0210 e. The molecule has 1 N–H and O–H groups in total. The lowest BCUT2D eigenvalue weighted by Gasteiger charge is -2.18. The van der Waals surface area contributed by atoms with E-state index in [0.29, 0.717) is 5.92 Å². The Hall–Kier alpha value is -0.340. The average Bonchev–Trinajstić information content (AvgIpc) is 2.71. The molecule has 2 atom stereocenters. The van der Waals surface area contributed by atoms with Crippen LogP contribution in [-0.2, 0) is 0 Å². The van der Waals surface area contributed by atoms with Crippen LogP contribution in [0.4, 0.5) is 0 Å². The third-order valence-electron chi connectivity index (χ3n) is 3.24. The second kappa shape index (κ2) is 5.13. The number of benzene rings is 1. The van der Waals surface area contributed by atoms with Gasteiger partial charge in [0, 0.05) is 10.5 Å². The Morgan fingerprint density at radius 2 is 2.27 bits per heavy atom. The molecule has 0 aliphatic carbocycles. The first kappa shape index (κ1) is 11.2. The van der Waals surface area contributed by atoms with Gasteiger partial charge < -0.3 is 5.32 Å². The van der Waals surface area contributed by atoms with Gasteiger partial charge in [-0.25, -0.2) is 0 Å². The molecule has 1 aromatic rings. The number of hydrogen-bond donors (Lipinski definition) is 1. The van der Waals surface area contributed by atoms with Gasteiger partial charge in [-0.2, -0.15) is 0 Å². The van der Waals surface area contributed by atoms with Crippen LogP contribution in [0.3, 0.4) is 0 Å². The Morgan fingerprint density at radius 1 is 1.47 bits per heavy atom. The van der Waals surface area contributed by atoms with Crippen LogP contribution in [0.25, 0.3) is 0 Å². The first-order valence-electron chi connectivity index (χ1n) is 5.75. The van der Waals surface area contributed by atoms with Crippen molar-refractivity contribution in [1.29, 1.82) is 0 Å². The molecule has 0 spiro atoms. The van der Waals surface area contributed by atoms with Gasteiger partial charge in [0.1, 0.15) is 0 Å². The molecule has 1 aliphatic heterocycles. The van der Waals surface area contributed by atoms with E-state index in [0.717, 1.165) is 6.04 Å². The fraction of sp³-hybridized carbons (Fsp3) is 0.538. The molecular formula is C13H18BrN. The van der Waals surface area contributed by atoms with Gasteiger partial charge in [-0.1, -0.05) is 41.1 Å². The van der Waals surface area contributed by atoms with E-state index in [1.807, 2.05) is 0 Å². The molecule has 0 aromatic heterocycles. The molecule has 1 nitrogen and oxygen atoms in total. The predicted octanol–water partition coefficient (Wildman–Crippen LogP) is 3.69. The first-order chi connectivity index (χ1) is 7.27. The summed E-state index contributed by atoms with van der Waals surface area (Å²) in [5, 5.41) is 3.56. The quantitative estimate of drug-likeness (QED) is 0.881. The molecule has 2 rings (SSSR count). The summed E-state index contributed by atoms with van der Waals surface area (Å²) in [6.45, 7) is 3.52. The van der Waals surface area contributed by atoms with Gasteiger partial charge in [-0.3, -0.25) is 0 Å². The molecule has 2 heteroatoms. The second-order valence-electron chi connectivity index (χ2n) is 4.45. The molecule has 1 fully saturated rings. The number of halogens is 1. The van der Waals surface area contributed by atoms with Crippen LogP contribution in [0.15, 0.2) is 28.7 Å². The van der Waals surface area contributed by atoms with Crippen LogP contribution in [0.1, 0.15) is 37.7 Å². The number of rotatable bonds is 3. The van der Waals surface area contributed by atoms with Crippen molar-refractivity contribution >= 4 is 15.9 Å². The van der Waals surface area contributed by atoms with Crippen LogP contribution in [0.5, 0.6) is 0 Å². The molecule has 0 radical (unpaired) electrons. The van der Waals surface area contributed by atoms with E-state index >= 15 is 0 Å². The summed E-state index contributed by atoms with van der Waals surface area (Å²) in [7, 11) is 0. The summed E-state index contributed by atoms with van der Waals surface area (Å²) in [6, 6.07) is 9.29. The Balaban J connectivity index is 2.00. The molecule has 15 heavy (non-hydrogen) atoms. The minimum absolute atomic E-state index is 0.635. The van der Waals surface area contributed by atoms with Crippen LogP contribution < -0.4 is 5.32 Å². The summed E-state index contributed by atoms with van der Waals surface area (Å²) in [4.78, 5) is 0. The van der Waals surface area contributed by atoms with Crippen molar-refractivity contribution in [2.24, 2.45) is 0 Å². The molecule has 1 aromatic carbocycles. The van der Waals surface area contributed by atoms with Crippen molar-refractivity contribution in [3.8, 4) is 0 Å². The van der Waals surface area contributed by atoms with Crippen molar-refractivity contribution in [3.63, 3.8) is 0 Å². The highest BCUT2D eigenvalue weighted by molar-refractivity contribution is 9.10. The van der Waals surface area contributed by atoms with Gasteiger partial charge in [-0.15, -0.1) is 0 Å². The third-order valence-corrected chi connectivity index (χ3v) is 3.96. The van der Waals surface area contributed by atoms with Crippen LogP contribution in [-0.4, -0.2) is 12.6 Å². The molecule has 1 aliphatic rings. The average molecular weight is 268 g/mol. The lowest BCUT2D eigenvalue weighted by molar-refractivity contribution is 0.509. The molecule has 1 saturated heterocycles. The molecule has 2 unspecified atom stereocenters. The Labute approximate surface area is 100 Å². The zero-order valence-electron chi connectivity index (χ0n) is 9.17. The second-order valence-corrected chi connectivity index (χ2v) is 5.31. The number of nitrogens with one attached hydrogen (secondary N) is 1. The normalized spacial score (nSPS) is 22.9. The van der Waals surface area contributed by atoms with Crippen molar-refractivity contribution < 1.29 is 0 Å². The van der Waals surface area contributed by atoms with E-state index in [9.17, 15) is 0 Å². The topological polar surface area (TPSA) is 12.0 Å². The van der Waals surface area contributed by atoms with Crippen LogP contribution in [0, 0.1) is 0 Å². The number of hydrogen-bond acceptors (Lipinski definition) is 1. The highest BCUT2D eigenvalue weighted by Gasteiger charge is 2.18. The largest absolute Gasteiger partial charge is 0.314 e. The fourth-order valence-electron chi connectivity index (χ4n) is 2.39. The SMILES string of the molecule is CC(CC1CCCN1)c1ccccc1Br. The molecule has 0 amide bonds. The van der Waals surface area contributed by atoms with E-state index in [4.69, 9.17) is 0 Å². The zero-order valence-corrected chi connectivity index (χ0v) is 10.8. The van der Waals surface area contributed by atoms with Crippen molar-refractivity contribution in [2.45, 2.75) is 38.1 Å². The van der Waals surface area contributed by atoms with Crippen molar-refractivity contribution in [3.05, 3.63) is 34.3 Å². The van der Waals surface area contributed by atoms with E-state index in [1.165, 1.54) is 35.8 Å². The minimum atomic E-state index is 0.635. The van der Waals surface area contributed by atoms with Gasteiger partial charge in [0.05, 0.1) is 0 Å². The Morgan fingerprint density at radius 3 is 2.93 bits per heavy atom. The van der Waals surface area contributed by atoms with E-state index in [2.05, 4.69) is 52.4 Å². The van der Waals surface area contributed by atoms with Crippen molar-refractivity contribution in [2.75, 3.05) is 6.54 Å². The molecule has 0 bridgehead atoms. The van der Waals surface area contributed by atoms with E-state index < -0.39 is 0 Å². The monoisotopic (exact) mass is 267 g/mol. The summed E-state index contributed by atoms with van der Waals surface area (Å²) >= 11 is 3.63. The van der Waals surface area contributed by atoms with Gasteiger partial charge in [0.15, 0.2) is 0 Å². The van der Waals surface area contributed by atoms with E-state index in [1.54, 1.807) is 0 Å². The van der Waals surface area contributed by atoms with Crippen LogP contribution >= 0.6 is 15.9 Å². The first-order valence-corrected chi connectivity index (χ1v) is 6.54. The van der Waals surface area contributed by atoms with Gasteiger partial charge >= 0.3 is 0 Å². The van der Waals surface area contributed by atoms with Gasteiger partial charge in [-0.05, 0) is 43.4 Å². The van der Waals surface area contributed by atoms with Crippen LogP contribution in [0.2, 0.25) is 0 Å². The predicted molar refractivity (Wildman–Crippen MR) is 68.2 cm³/mol. The minimum Gasteiger partial charge on any atom is -0.314 e. The van der Waals surface area contributed by atoms with Crippen molar-refractivity contribution in [1.82, 2.24) is 5.32 Å². The summed E-state index contributed by atoms with van der Waals surface area (Å²) in [5.74, 6) is 0.635. The maximum Gasteiger partial charge on any atom is 0.0210 e. The van der Waals surface area contributed by atoms with Gasteiger partial charge in [0.25, 0.3) is 0 Å². The maximum atomic E-state index is 3.63. The van der Waals surface area contributed by atoms with Gasteiger partial charge in [0.2, 0.25) is 0 Å². The summed E-state index contributed by atoms with van der Waals surface area (Å²) in [6.07, 6.45) is 3.94. The lowest BCUT2D eigenvalue weighted by Crippen LogP contribution is -2.23. The maximum absolute atomic E-state index is 3.63. The molecular weight excluding hydrogens is 250 g/mol. The van der Waals surface area contributed by atoms with E-state index in [-0.39, 0.29) is 0 Å². The Kier molecular flexibility index (Phi) is 3.81. The standard InChI is InChI=1S/C13H18BrN/c1-10(9-11-5-4-8-15-11)12-6-2-3-7-13(12)14/h2-3,6-7,10-11,15H,4-5,8-9H2,1H3. The summed E-state index contributed by atoms with van der Waals surface area (Å²) in [5.41, 5.74) is 1.44. The highest BCUT2D eigenvalue weighted by atomic mass is 79.9. The fourth-order valence-corrected chi connectivity index (χ4v) is 3.06. The lowest BCUT2D eigenvalue weighted by atomic mass is 9.93. The molecule has 0 saturated carbocycles. The zero-order chi connectivity index (χ0) is 10.7.